The fourth-order valence-electron chi connectivity index (χ4n) is 1.67. The van der Waals surface area contributed by atoms with Gasteiger partial charge in [0.2, 0.25) is 12.1 Å². The third-order valence-electron chi connectivity index (χ3n) is 2.40. The summed E-state index contributed by atoms with van der Waals surface area (Å²) >= 11 is 0. The van der Waals surface area contributed by atoms with E-state index in [0.29, 0.717) is 6.54 Å². The molecule has 0 saturated heterocycles. The first kappa shape index (κ1) is 8.77. The lowest BCUT2D eigenvalue weighted by Crippen LogP contribution is -2.33. The molecule has 2 rings (SSSR count). The molecule has 14 heavy (non-hydrogen) atoms. The highest BCUT2D eigenvalue weighted by Gasteiger charge is 2.07. The molecule has 68 valence electrons. The molecule has 0 N–H and O–H groups in total. The van der Waals surface area contributed by atoms with Crippen molar-refractivity contribution in [1.29, 1.82) is 0 Å². The fraction of sp³-hybridized carbons (Fsp3) is 0.154. The summed E-state index contributed by atoms with van der Waals surface area (Å²) in [6.45, 7) is 2.74. The molecule has 0 amide bonds. The Morgan fingerprint density at radius 2 is 2.07 bits per heavy atom. The van der Waals surface area contributed by atoms with E-state index in [9.17, 15) is 0 Å². The maximum atomic E-state index is 5.32. The molecule has 1 aromatic heterocycles. The Bertz CT molecular complexity index is 506. The molecular formula is C13H12N+. The number of hydrogen-bond acceptors (Lipinski definition) is 0. The van der Waals surface area contributed by atoms with Gasteiger partial charge in [-0.15, -0.1) is 6.42 Å². The first-order valence-electron chi connectivity index (χ1n) is 4.64. The Hall–Kier alpha value is -1.81. The summed E-state index contributed by atoms with van der Waals surface area (Å²) in [4.78, 5) is 0. The number of nitrogens with zero attached hydrogens (tertiary/aromatic N) is 1. The number of rotatable bonds is 1. The lowest BCUT2D eigenvalue weighted by molar-refractivity contribution is -0.658. The largest absolute Gasteiger partial charge is 0.213 e. The van der Waals surface area contributed by atoms with E-state index in [4.69, 9.17) is 6.42 Å². The quantitative estimate of drug-likeness (QED) is 0.469. The molecule has 0 unspecified atom stereocenters. The van der Waals surface area contributed by atoms with Gasteiger partial charge in [-0.25, -0.2) is 0 Å². The van der Waals surface area contributed by atoms with Gasteiger partial charge in [-0.05, 0) is 24.5 Å². The van der Waals surface area contributed by atoms with Crippen LogP contribution in [0, 0.1) is 19.3 Å². The van der Waals surface area contributed by atoms with Crippen LogP contribution in [0.5, 0.6) is 0 Å². The van der Waals surface area contributed by atoms with Crippen LogP contribution in [0.25, 0.3) is 10.9 Å². The number of hydrogen-bond donors (Lipinski definition) is 0. The standard InChI is InChI=1S/C13H12N/c1-3-9-14-10-8-11(2)12-6-4-5-7-13(12)14/h1,4-8,10H,9H2,2H3/q+1. The molecule has 1 nitrogen and oxygen atoms in total. The number of aromatic nitrogens is 1. The van der Waals surface area contributed by atoms with Gasteiger partial charge < -0.3 is 0 Å². The number of benzene rings is 1. The van der Waals surface area contributed by atoms with Gasteiger partial charge in [0, 0.05) is 17.5 Å². The summed E-state index contributed by atoms with van der Waals surface area (Å²) in [5.41, 5.74) is 2.49. The molecule has 0 radical (unpaired) electrons. The van der Waals surface area contributed by atoms with Crippen LogP contribution in [-0.2, 0) is 6.54 Å². The number of fused-ring (bicyclic) bond motifs is 1. The van der Waals surface area contributed by atoms with E-state index in [2.05, 4.69) is 41.7 Å². The second kappa shape index (κ2) is 3.51. The molecule has 0 aliphatic heterocycles. The van der Waals surface area contributed by atoms with Crippen molar-refractivity contribution in [2.75, 3.05) is 0 Å². The third kappa shape index (κ3) is 1.36. The fourth-order valence-corrected chi connectivity index (χ4v) is 1.67. The average Bonchev–Trinajstić information content (AvgIpc) is 2.23. The second-order valence-electron chi connectivity index (χ2n) is 3.35. The van der Waals surface area contributed by atoms with Crippen molar-refractivity contribution < 1.29 is 4.57 Å². The second-order valence-corrected chi connectivity index (χ2v) is 3.35. The van der Waals surface area contributed by atoms with E-state index in [1.165, 1.54) is 16.5 Å². The van der Waals surface area contributed by atoms with Gasteiger partial charge >= 0.3 is 0 Å². The van der Waals surface area contributed by atoms with E-state index in [0.717, 1.165) is 0 Å². The molecule has 0 bridgehead atoms. The molecule has 0 spiro atoms. The van der Waals surface area contributed by atoms with Crippen LogP contribution in [0.2, 0.25) is 0 Å². The molecule has 0 fully saturated rings. The predicted octanol–water partition coefficient (Wildman–Crippen LogP) is 2.07. The van der Waals surface area contributed by atoms with Crippen molar-refractivity contribution in [2.45, 2.75) is 13.5 Å². The summed E-state index contributed by atoms with van der Waals surface area (Å²) < 4.78 is 2.09. The van der Waals surface area contributed by atoms with Crippen LogP contribution >= 0.6 is 0 Å². The first-order chi connectivity index (χ1) is 6.83. The number of terminal acetylenes is 1. The van der Waals surface area contributed by atoms with Crippen molar-refractivity contribution >= 4 is 10.9 Å². The smallest absolute Gasteiger partial charge is 0.187 e. The monoisotopic (exact) mass is 182 g/mol. The third-order valence-corrected chi connectivity index (χ3v) is 2.40. The van der Waals surface area contributed by atoms with Gasteiger partial charge in [-0.3, -0.25) is 0 Å². The minimum atomic E-state index is 0.626. The molecular weight excluding hydrogens is 170 g/mol. The van der Waals surface area contributed by atoms with Gasteiger partial charge in [0.05, 0.1) is 0 Å². The van der Waals surface area contributed by atoms with Crippen LogP contribution in [0.15, 0.2) is 36.5 Å². The van der Waals surface area contributed by atoms with Gasteiger partial charge in [-0.1, -0.05) is 12.1 Å². The van der Waals surface area contributed by atoms with E-state index in [1.54, 1.807) is 0 Å². The Kier molecular flexibility index (Phi) is 2.20. The molecule has 0 aliphatic carbocycles. The minimum Gasteiger partial charge on any atom is -0.187 e. The molecule has 0 aliphatic rings. The zero-order valence-electron chi connectivity index (χ0n) is 8.20. The van der Waals surface area contributed by atoms with E-state index in [-0.39, 0.29) is 0 Å². The van der Waals surface area contributed by atoms with E-state index >= 15 is 0 Å². The van der Waals surface area contributed by atoms with Crippen LogP contribution in [0.1, 0.15) is 5.56 Å². The van der Waals surface area contributed by atoms with Gasteiger partial charge in [0.1, 0.15) is 0 Å². The summed E-state index contributed by atoms with van der Waals surface area (Å²) in [5.74, 6) is 2.66. The Morgan fingerprint density at radius 3 is 2.86 bits per heavy atom. The summed E-state index contributed by atoms with van der Waals surface area (Å²) in [6.07, 6.45) is 7.36. The Balaban J connectivity index is 2.76. The van der Waals surface area contributed by atoms with Crippen molar-refractivity contribution in [3.63, 3.8) is 0 Å². The first-order valence-corrected chi connectivity index (χ1v) is 4.64. The van der Waals surface area contributed by atoms with Crippen molar-refractivity contribution in [3.8, 4) is 12.3 Å². The van der Waals surface area contributed by atoms with Crippen LogP contribution in [0.4, 0.5) is 0 Å². The number of aryl methyl sites for hydroxylation is 1. The Labute approximate surface area is 84.0 Å². The highest BCUT2D eigenvalue weighted by atomic mass is 14.9. The normalized spacial score (nSPS) is 10.0. The highest BCUT2D eigenvalue weighted by Crippen LogP contribution is 2.13. The van der Waals surface area contributed by atoms with Crippen LogP contribution in [-0.4, -0.2) is 0 Å². The molecule has 1 heteroatoms. The average molecular weight is 182 g/mol. The maximum Gasteiger partial charge on any atom is 0.213 e. The summed E-state index contributed by atoms with van der Waals surface area (Å²) in [6, 6.07) is 10.4. The van der Waals surface area contributed by atoms with Crippen molar-refractivity contribution in [3.05, 3.63) is 42.1 Å². The zero-order chi connectivity index (χ0) is 9.97. The maximum absolute atomic E-state index is 5.32. The topological polar surface area (TPSA) is 3.88 Å². The predicted molar refractivity (Wildman–Crippen MR) is 57.7 cm³/mol. The summed E-state index contributed by atoms with van der Waals surface area (Å²) in [7, 11) is 0. The van der Waals surface area contributed by atoms with Gasteiger partial charge in [0.25, 0.3) is 0 Å². The van der Waals surface area contributed by atoms with E-state index < -0.39 is 0 Å². The number of para-hydroxylation sites is 1. The molecule has 0 saturated carbocycles. The van der Waals surface area contributed by atoms with Crippen LogP contribution < -0.4 is 4.57 Å². The summed E-state index contributed by atoms with van der Waals surface area (Å²) in [5, 5.41) is 1.27. The highest BCUT2D eigenvalue weighted by molar-refractivity contribution is 5.78. The Morgan fingerprint density at radius 1 is 1.29 bits per heavy atom. The SMILES string of the molecule is C#CC[n+]1ccc(C)c2ccccc21. The zero-order valence-corrected chi connectivity index (χ0v) is 8.20. The lowest BCUT2D eigenvalue weighted by atomic mass is 10.1. The molecule has 2 aromatic rings. The van der Waals surface area contributed by atoms with E-state index in [1.807, 2.05) is 12.3 Å². The lowest BCUT2D eigenvalue weighted by Gasteiger charge is -2.00. The number of pyridine rings is 1. The van der Waals surface area contributed by atoms with Gasteiger partial charge in [-0.2, -0.15) is 4.57 Å². The molecule has 1 aromatic carbocycles. The van der Waals surface area contributed by atoms with Crippen molar-refractivity contribution in [2.24, 2.45) is 0 Å². The van der Waals surface area contributed by atoms with Crippen molar-refractivity contribution in [1.82, 2.24) is 0 Å². The van der Waals surface area contributed by atoms with Gasteiger partial charge in [0.15, 0.2) is 6.20 Å². The molecule has 0 atom stereocenters. The minimum absolute atomic E-state index is 0.626. The molecule has 1 heterocycles. The van der Waals surface area contributed by atoms with Crippen LogP contribution in [0.3, 0.4) is 0 Å².